The fourth-order valence-corrected chi connectivity index (χ4v) is 3.22. The van der Waals surface area contributed by atoms with Crippen molar-refractivity contribution >= 4 is 0 Å². The Morgan fingerprint density at radius 1 is 0.960 bits per heavy atom. The molecule has 25 heavy (non-hydrogen) atoms. The molecule has 2 aromatic rings. The van der Waals surface area contributed by atoms with Crippen molar-refractivity contribution in [3.05, 3.63) is 59.7 Å². The lowest BCUT2D eigenvalue weighted by atomic mass is 9.93. The Balaban J connectivity index is 1.59. The number of nitrogens with one attached hydrogen (secondary N) is 1. The van der Waals surface area contributed by atoms with E-state index in [1.807, 2.05) is 30.3 Å². The molecule has 134 valence electrons. The maximum absolute atomic E-state index is 9.60. The zero-order chi connectivity index (χ0) is 17.5. The first kappa shape index (κ1) is 17.8. The molecule has 4 heteroatoms. The van der Waals surface area contributed by atoms with Gasteiger partial charge in [0.05, 0.1) is 13.2 Å². The highest BCUT2D eigenvalue weighted by Crippen LogP contribution is 2.29. The second-order valence-corrected chi connectivity index (χ2v) is 6.65. The van der Waals surface area contributed by atoms with Gasteiger partial charge in [-0.3, -0.25) is 0 Å². The highest BCUT2D eigenvalue weighted by Gasteiger charge is 2.18. The molecule has 1 aliphatic rings. The summed E-state index contributed by atoms with van der Waals surface area (Å²) in [4.78, 5) is 0. The highest BCUT2D eigenvalue weighted by atomic mass is 16.5. The fourth-order valence-electron chi connectivity index (χ4n) is 3.22. The van der Waals surface area contributed by atoms with Gasteiger partial charge in [-0.2, -0.15) is 0 Å². The van der Waals surface area contributed by atoms with Crippen molar-refractivity contribution in [2.24, 2.45) is 0 Å². The second-order valence-electron chi connectivity index (χ2n) is 6.65. The van der Waals surface area contributed by atoms with Crippen molar-refractivity contribution < 1.29 is 14.6 Å². The lowest BCUT2D eigenvalue weighted by Gasteiger charge is -2.26. The molecule has 0 radical (unpaired) electrons. The minimum atomic E-state index is -0.114. The van der Waals surface area contributed by atoms with Gasteiger partial charge >= 0.3 is 0 Å². The lowest BCUT2D eigenvalue weighted by Crippen LogP contribution is -2.34. The molecule has 2 N–H and O–H groups in total. The molecule has 1 aliphatic carbocycles. The van der Waals surface area contributed by atoms with Crippen molar-refractivity contribution in [2.45, 2.75) is 51.0 Å². The number of methoxy groups -OCH3 is 1. The number of aliphatic hydroxyl groups is 1. The fraction of sp³-hybridized carbons (Fsp3) is 0.429. The van der Waals surface area contributed by atoms with Crippen LogP contribution in [0.1, 0.15) is 36.8 Å². The van der Waals surface area contributed by atoms with E-state index in [0.29, 0.717) is 12.6 Å². The Morgan fingerprint density at radius 3 is 2.44 bits per heavy atom. The molecule has 0 unspecified atom stereocenters. The van der Waals surface area contributed by atoms with Crippen molar-refractivity contribution in [3.63, 3.8) is 0 Å². The summed E-state index contributed by atoms with van der Waals surface area (Å²) in [6.45, 7) is 1.32. The molecule has 4 nitrogen and oxygen atoms in total. The normalized spacial score (nSPS) is 20.2. The molecule has 0 aliphatic heterocycles. The van der Waals surface area contributed by atoms with Crippen molar-refractivity contribution in [2.75, 3.05) is 7.11 Å². The number of hydrogen-bond acceptors (Lipinski definition) is 4. The molecular formula is C21H27NO3. The predicted molar refractivity (Wildman–Crippen MR) is 98.9 cm³/mol. The van der Waals surface area contributed by atoms with E-state index in [-0.39, 0.29) is 6.10 Å². The summed E-state index contributed by atoms with van der Waals surface area (Å²) in [5, 5.41) is 13.2. The summed E-state index contributed by atoms with van der Waals surface area (Å²) in [5.74, 6) is 1.52. The molecule has 0 saturated heterocycles. The van der Waals surface area contributed by atoms with Gasteiger partial charge in [0.2, 0.25) is 0 Å². The van der Waals surface area contributed by atoms with E-state index in [0.717, 1.165) is 49.3 Å². The third-order valence-corrected chi connectivity index (χ3v) is 4.76. The topological polar surface area (TPSA) is 50.7 Å². The SMILES string of the molecule is COc1ccc(CNC2CCC(O)CC2)cc1OCc1ccccc1. The van der Waals surface area contributed by atoms with Crippen LogP contribution in [0, 0.1) is 0 Å². The first-order valence-electron chi connectivity index (χ1n) is 8.99. The van der Waals surface area contributed by atoms with Crippen molar-refractivity contribution in [1.82, 2.24) is 5.32 Å². The van der Waals surface area contributed by atoms with Crippen LogP contribution in [0.5, 0.6) is 11.5 Å². The summed E-state index contributed by atoms with van der Waals surface area (Å²) >= 11 is 0. The highest BCUT2D eigenvalue weighted by molar-refractivity contribution is 5.43. The molecule has 0 spiro atoms. The van der Waals surface area contributed by atoms with E-state index < -0.39 is 0 Å². The van der Waals surface area contributed by atoms with Crippen LogP contribution in [0.3, 0.4) is 0 Å². The summed E-state index contributed by atoms with van der Waals surface area (Å²) < 4.78 is 11.4. The lowest BCUT2D eigenvalue weighted by molar-refractivity contribution is 0.116. The smallest absolute Gasteiger partial charge is 0.161 e. The largest absolute Gasteiger partial charge is 0.493 e. The van der Waals surface area contributed by atoms with Crippen LogP contribution in [-0.4, -0.2) is 24.4 Å². The van der Waals surface area contributed by atoms with Crippen LogP contribution in [0.25, 0.3) is 0 Å². The van der Waals surface area contributed by atoms with E-state index in [1.54, 1.807) is 7.11 Å². The zero-order valence-electron chi connectivity index (χ0n) is 14.8. The summed E-state index contributed by atoms with van der Waals surface area (Å²) in [7, 11) is 1.66. The van der Waals surface area contributed by atoms with E-state index in [1.165, 1.54) is 5.56 Å². The van der Waals surface area contributed by atoms with Gasteiger partial charge < -0.3 is 19.9 Å². The summed E-state index contributed by atoms with van der Waals surface area (Å²) in [6, 6.07) is 16.7. The number of hydrogen-bond donors (Lipinski definition) is 2. The van der Waals surface area contributed by atoms with E-state index in [4.69, 9.17) is 9.47 Å². The Bertz CT molecular complexity index is 651. The van der Waals surface area contributed by atoms with Crippen LogP contribution in [0.15, 0.2) is 48.5 Å². The van der Waals surface area contributed by atoms with Gasteiger partial charge in [-0.15, -0.1) is 0 Å². The van der Waals surface area contributed by atoms with Crippen LogP contribution >= 0.6 is 0 Å². The molecule has 1 saturated carbocycles. The minimum absolute atomic E-state index is 0.114. The number of aliphatic hydroxyl groups excluding tert-OH is 1. The van der Waals surface area contributed by atoms with Crippen molar-refractivity contribution in [1.29, 1.82) is 0 Å². The number of ether oxygens (including phenoxy) is 2. The van der Waals surface area contributed by atoms with Gasteiger partial charge in [-0.25, -0.2) is 0 Å². The standard InChI is InChI=1S/C21H27NO3/c1-24-20-12-7-17(14-22-18-8-10-19(23)11-9-18)13-21(20)25-15-16-5-3-2-4-6-16/h2-7,12-13,18-19,22-23H,8-11,14-15H2,1H3. The van der Waals surface area contributed by atoms with Gasteiger partial charge in [0, 0.05) is 12.6 Å². The second kappa shape index (κ2) is 8.88. The third kappa shape index (κ3) is 5.21. The van der Waals surface area contributed by atoms with Crippen molar-refractivity contribution in [3.8, 4) is 11.5 Å². The molecular weight excluding hydrogens is 314 g/mol. The minimum Gasteiger partial charge on any atom is -0.493 e. The Hall–Kier alpha value is -2.04. The molecule has 2 aromatic carbocycles. The van der Waals surface area contributed by atoms with E-state index >= 15 is 0 Å². The van der Waals surface area contributed by atoms with Gasteiger partial charge in [-0.05, 0) is 48.9 Å². The van der Waals surface area contributed by atoms with Gasteiger partial charge in [0.15, 0.2) is 11.5 Å². The Kier molecular flexibility index (Phi) is 6.31. The summed E-state index contributed by atoms with van der Waals surface area (Å²) in [5.41, 5.74) is 2.31. The molecule has 0 aromatic heterocycles. The molecule has 0 atom stereocenters. The first-order valence-corrected chi connectivity index (χ1v) is 8.99. The van der Waals surface area contributed by atoms with Crippen LogP contribution < -0.4 is 14.8 Å². The number of benzene rings is 2. The van der Waals surface area contributed by atoms with E-state index in [2.05, 4.69) is 23.5 Å². The maximum Gasteiger partial charge on any atom is 0.161 e. The maximum atomic E-state index is 9.60. The van der Waals surface area contributed by atoms with Gasteiger partial charge in [0.25, 0.3) is 0 Å². The van der Waals surface area contributed by atoms with Crippen LogP contribution in [0.2, 0.25) is 0 Å². The number of rotatable bonds is 7. The first-order chi connectivity index (χ1) is 12.2. The molecule has 0 amide bonds. The Morgan fingerprint density at radius 2 is 1.72 bits per heavy atom. The molecule has 3 rings (SSSR count). The quantitative estimate of drug-likeness (QED) is 0.807. The molecule has 0 bridgehead atoms. The van der Waals surface area contributed by atoms with Gasteiger partial charge in [0.1, 0.15) is 6.61 Å². The van der Waals surface area contributed by atoms with Gasteiger partial charge in [-0.1, -0.05) is 36.4 Å². The van der Waals surface area contributed by atoms with Crippen LogP contribution in [-0.2, 0) is 13.2 Å². The average molecular weight is 341 g/mol. The summed E-state index contributed by atoms with van der Waals surface area (Å²) in [6.07, 6.45) is 3.75. The molecule has 0 heterocycles. The zero-order valence-corrected chi connectivity index (χ0v) is 14.8. The average Bonchev–Trinajstić information content (AvgIpc) is 2.67. The third-order valence-electron chi connectivity index (χ3n) is 4.76. The predicted octanol–water partition coefficient (Wildman–Crippen LogP) is 3.67. The Labute approximate surface area is 149 Å². The van der Waals surface area contributed by atoms with Crippen LogP contribution in [0.4, 0.5) is 0 Å². The molecule has 1 fully saturated rings. The monoisotopic (exact) mass is 341 g/mol. The van der Waals surface area contributed by atoms with E-state index in [9.17, 15) is 5.11 Å².